The highest BCUT2D eigenvalue weighted by Crippen LogP contribution is 2.31. The average molecular weight is 210 g/mol. The molecule has 2 saturated heterocycles. The molecule has 1 spiro atoms. The van der Waals surface area contributed by atoms with Gasteiger partial charge in [0.25, 0.3) is 0 Å². The standard InChI is InChI=1S/C12H22N2O/c1-3-11(4-1)14-7-8-15-12(10-14)5-2-6-13-9-12/h11,13H,1-10H2. The second kappa shape index (κ2) is 4.04. The van der Waals surface area contributed by atoms with E-state index >= 15 is 0 Å². The minimum atomic E-state index is 0.159. The topological polar surface area (TPSA) is 24.5 Å². The molecule has 3 heteroatoms. The Kier molecular flexibility index (Phi) is 2.71. The van der Waals surface area contributed by atoms with E-state index in [-0.39, 0.29) is 5.60 Å². The molecule has 3 nitrogen and oxygen atoms in total. The van der Waals surface area contributed by atoms with E-state index in [9.17, 15) is 0 Å². The van der Waals surface area contributed by atoms with Crippen molar-refractivity contribution < 1.29 is 4.74 Å². The van der Waals surface area contributed by atoms with Crippen LogP contribution in [0.3, 0.4) is 0 Å². The van der Waals surface area contributed by atoms with E-state index in [1.807, 2.05) is 0 Å². The van der Waals surface area contributed by atoms with Crippen LogP contribution in [-0.4, -0.2) is 49.3 Å². The molecule has 1 aliphatic carbocycles. The summed E-state index contributed by atoms with van der Waals surface area (Å²) in [6.07, 6.45) is 6.81. The summed E-state index contributed by atoms with van der Waals surface area (Å²) in [6, 6.07) is 0.882. The van der Waals surface area contributed by atoms with Crippen molar-refractivity contribution in [3.8, 4) is 0 Å². The van der Waals surface area contributed by atoms with E-state index < -0.39 is 0 Å². The smallest absolute Gasteiger partial charge is 0.0933 e. The molecule has 1 unspecified atom stereocenters. The summed E-state index contributed by atoms with van der Waals surface area (Å²) >= 11 is 0. The van der Waals surface area contributed by atoms with Crippen LogP contribution >= 0.6 is 0 Å². The number of rotatable bonds is 1. The fourth-order valence-electron chi connectivity index (χ4n) is 3.14. The Hall–Kier alpha value is -0.120. The van der Waals surface area contributed by atoms with Crippen LogP contribution in [0.5, 0.6) is 0 Å². The molecule has 1 saturated carbocycles. The number of hydrogen-bond donors (Lipinski definition) is 1. The van der Waals surface area contributed by atoms with Gasteiger partial charge in [-0.15, -0.1) is 0 Å². The van der Waals surface area contributed by atoms with Crippen LogP contribution < -0.4 is 5.32 Å². The van der Waals surface area contributed by atoms with Crippen molar-refractivity contribution in [2.45, 2.75) is 43.7 Å². The maximum atomic E-state index is 6.05. The Labute approximate surface area is 92.2 Å². The summed E-state index contributed by atoms with van der Waals surface area (Å²) in [5.74, 6) is 0. The molecule has 0 aromatic heterocycles. The Morgan fingerprint density at radius 1 is 1.27 bits per heavy atom. The van der Waals surface area contributed by atoms with Crippen molar-refractivity contribution in [2.75, 3.05) is 32.8 Å². The van der Waals surface area contributed by atoms with Gasteiger partial charge in [0.2, 0.25) is 0 Å². The number of ether oxygens (including phenoxy) is 1. The van der Waals surface area contributed by atoms with Gasteiger partial charge < -0.3 is 10.1 Å². The summed E-state index contributed by atoms with van der Waals surface area (Å²) in [5, 5.41) is 3.49. The summed E-state index contributed by atoms with van der Waals surface area (Å²) in [7, 11) is 0. The minimum Gasteiger partial charge on any atom is -0.371 e. The monoisotopic (exact) mass is 210 g/mol. The number of nitrogens with one attached hydrogen (secondary N) is 1. The molecule has 0 aromatic carbocycles. The largest absolute Gasteiger partial charge is 0.371 e. The van der Waals surface area contributed by atoms with Crippen molar-refractivity contribution in [3.05, 3.63) is 0 Å². The third-order valence-electron chi connectivity index (χ3n) is 4.30. The molecule has 0 radical (unpaired) electrons. The van der Waals surface area contributed by atoms with E-state index in [4.69, 9.17) is 4.74 Å². The van der Waals surface area contributed by atoms with Crippen LogP contribution in [0.25, 0.3) is 0 Å². The predicted octanol–water partition coefficient (Wildman–Crippen LogP) is 0.993. The Balaban J connectivity index is 1.63. The summed E-state index contributed by atoms with van der Waals surface area (Å²) in [6.45, 7) is 5.51. The first kappa shape index (κ1) is 10.1. The van der Waals surface area contributed by atoms with Gasteiger partial charge in [0, 0.05) is 25.7 Å². The summed E-state index contributed by atoms with van der Waals surface area (Å²) in [4.78, 5) is 2.68. The van der Waals surface area contributed by atoms with Crippen molar-refractivity contribution >= 4 is 0 Å². The van der Waals surface area contributed by atoms with Crippen LogP contribution in [-0.2, 0) is 4.74 Å². The van der Waals surface area contributed by atoms with E-state index in [2.05, 4.69) is 10.2 Å². The predicted molar refractivity (Wildman–Crippen MR) is 60.0 cm³/mol. The van der Waals surface area contributed by atoms with E-state index in [1.54, 1.807) is 0 Å². The van der Waals surface area contributed by atoms with Gasteiger partial charge in [-0.05, 0) is 32.2 Å². The molecule has 86 valence electrons. The van der Waals surface area contributed by atoms with Gasteiger partial charge >= 0.3 is 0 Å². The zero-order chi connectivity index (χ0) is 10.1. The molecule has 0 amide bonds. The fourth-order valence-corrected chi connectivity index (χ4v) is 3.14. The molecule has 0 bridgehead atoms. The average Bonchev–Trinajstić information content (AvgIpc) is 2.16. The summed E-state index contributed by atoms with van der Waals surface area (Å²) < 4.78 is 6.05. The highest BCUT2D eigenvalue weighted by atomic mass is 16.5. The van der Waals surface area contributed by atoms with E-state index in [1.165, 1.54) is 45.2 Å². The molecular formula is C12H22N2O. The lowest BCUT2D eigenvalue weighted by molar-refractivity contribution is -0.134. The second-order valence-corrected chi connectivity index (χ2v) is 5.37. The Morgan fingerprint density at radius 2 is 2.20 bits per heavy atom. The van der Waals surface area contributed by atoms with Crippen LogP contribution in [0.4, 0.5) is 0 Å². The van der Waals surface area contributed by atoms with Crippen LogP contribution in [0.1, 0.15) is 32.1 Å². The van der Waals surface area contributed by atoms with E-state index in [0.29, 0.717) is 0 Å². The second-order valence-electron chi connectivity index (χ2n) is 5.37. The first-order chi connectivity index (χ1) is 7.38. The lowest BCUT2D eigenvalue weighted by Gasteiger charge is -2.49. The molecule has 2 aliphatic heterocycles. The molecule has 0 aromatic rings. The number of piperidine rings is 1. The molecule has 15 heavy (non-hydrogen) atoms. The molecule has 1 atom stereocenters. The molecular weight excluding hydrogens is 188 g/mol. The SMILES string of the molecule is C1CC(N2CCOC3(CCCNC3)C2)C1. The van der Waals surface area contributed by atoms with Crippen molar-refractivity contribution in [3.63, 3.8) is 0 Å². The number of nitrogens with zero attached hydrogens (tertiary/aromatic N) is 1. The lowest BCUT2D eigenvalue weighted by atomic mass is 9.87. The van der Waals surface area contributed by atoms with Gasteiger partial charge in [0.1, 0.15) is 0 Å². The zero-order valence-electron chi connectivity index (χ0n) is 9.50. The molecule has 3 aliphatic rings. The van der Waals surface area contributed by atoms with Gasteiger partial charge in [-0.25, -0.2) is 0 Å². The van der Waals surface area contributed by atoms with Crippen molar-refractivity contribution in [2.24, 2.45) is 0 Å². The van der Waals surface area contributed by atoms with Gasteiger partial charge in [0.15, 0.2) is 0 Å². The maximum Gasteiger partial charge on any atom is 0.0933 e. The Morgan fingerprint density at radius 3 is 2.87 bits per heavy atom. The van der Waals surface area contributed by atoms with Crippen molar-refractivity contribution in [1.82, 2.24) is 10.2 Å². The van der Waals surface area contributed by atoms with E-state index in [0.717, 1.165) is 25.7 Å². The Bertz CT molecular complexity index is 216. The molecule has 2 heterocycles. The maximum absolute atomic E-state index is 6.05. The third-order valence-corrected chi connectivity index (χ3v) is 4.30. The van der Waals surface area contributed by atoms with Crippen LogP contribution in [0.15, 0.2) is 0 Å². The molecule has 3 fully saturated rings. The highest BCUT2D eigenvalue weighted by molar-refractivity contribution is 4.95. The van der Waals surface area contributed by atoms with Gasteiger partial charge in [-0.3, -0.25) is 4.90 Å². The molecule has 3 rings (SSSR count). The highest BCUT2D eigenvalue weighted by Gasteiger charge is 2.40. The number of hydrogen-bond acceptors (Lipinski definition) is 3. The van der Waals surface area contributed by atoms with Crippen molar-refractivity contribution in [1.29, 1.82) is 0 Å². The van der Waals surface area contributed by atoms with Gasteiger partial charge in [-0.1, -0.05) is 6.42 Å². The van der Waals surface area contributed by atoms with Gasteiger partial charge in [-0.2, -0.15) is 0 Å². The van der Waals surface area contributed by atoms with Gasteiger partial charge in [0.05, 0.1) is 12.2 Å². The van der Waals surface area contributed by atoms with Crippen LogP contribution in [0.2, 0.25) is 0 Å². The van der Waals surface area contributed by atoms with Crippen LogP contribution in [0, 0.1) is 0 Å². The minimum absolute atomic E-state index is 0.159. The molecule has 1 N–H and O–H groups in total. The lowest BCUT2D eigenvalue weighted by Crippen LogP contribution is -2.61. The fraction of sp³-hybridized carbons (Fsp3) is 1.00. The quantitative estimate of drug-likeness (QED) is 0.698. The number of morpholine rings is 1. The first-order valence-electron chi connectivity index (χ1n) is 6.47. The summed E-state index contributed by atoms with van der Waals surface area (Å²) in [5.41, 5.74) is 0.159. The normalized spacial score (nSPS) is 39.2. The third kappa shape index (κ3) is 1.93. The zero-order valence-corrected chi connectivity index (χ0v) is 9.50. The first-order valence-corrected chi connectivity index (χ1v) is 6.47.